The van der Waals surface area contributed by atoms with Crippen molar-refractivity contribution in [2.24, 2.45) is 5.92 Å². The van der Waals surface area contributed by atoms with Crippen molar-refractivity contribution in [2.45, 2.75) is 45.4 Å². The van der Waals surface area contributed by atoms with Crippen LogP contribution in [0, 0.1) is 5.92 Å². The summed E-state index contributed by atoms with van der Waals surface area (Å²) in [5.74, 6) is -3.32. The van der Waals surface area contributed by atoms with Crippen molar-refractivity contribution in [3.63, 3.8) is 0 Å². The largest absolute Gasteiger partial charge is 0.480 e. The minimum absolute atomic E-state index is 0.0574. The van der Waals surface area contributed by atoms with E-state index in [2.05, 4.69) is 10.6 Å². The lowest BCUT2D eigenvalue weighted by Gasteiger charge is -2.21. The first-order valence-electron chi connectivity index (χ1n) is 9.53. The average molecular weight is 424 g/mol. The second kappa shape index (κ2) is 13.2. The maximum atomic E-state index is 12.0. The molecule has 0 bridgehead atoms. The van der Waals surface area contributed by atoms with Gasteiger partial charge in [-0.25, -0.2) is 9.59 Å². The summed E-state index contributed by atoms with van der Waals surface area (Å²) >= 11 is 0. The van der Waals surface area contributed by atoms with E-state index >= 15 is 0 Å². The molecule has 1 aromatic carbocycles. The summed E-state index contributed by atoms with van der Waals surface area (Å²) in [5.41, 5.74) is 0.796. The predicted molar refractivity (Wildman–Crippen MR) is 105 cm³/mol. The number of carboxylic acids is 1. The fourth-order valence-electron chi connectivity index (χ4n) is 2.54. The number of benzene rings is 1. The third kappa shape index (κ3) is 9.87. The number of hydrogen-bond acceptors (Lipinski definition) is 7. The number of alkyl carbamates (subject to hydrolysis) is 1. The molecule has 0 aliphatic heterocycles. The molecule has 0 saturated carbocycles. The van der Waals surface area contributed by atoms with Crippen LogP contribution in [-0.4, -0.2) is 59.4 Å². The molecule has 0 saturated heterocycles. The minimum atomic E-state index is -1.32. The van der Waals surface area contributed by atoms with E-state index in [1.807, 2.05) is 6.07 Å². The molecule has 4 N–H and O–H groups in total. The van der Waals surface area contributed by atoms with Gasteiger partial charge in [-0.2, -0.15) is 0 Å². The van der Waals surface area contributed by atoms with Crippen LogP contribution in [0.1, 0.15) is 32.3 Å². The van der Waals surface area contributed by atoms with E-state index in [1.165, 1.54) is 6.92 Å². The van der Waals surface area contributed by atoms with E-state index in [0.29, 0.717) is 0 Å². The average Bonchev–Trinajstić information content (AvgIpc) is 2.69. The molecule has 0 fully saturated rings. The Balaban J connectivity index is 2.39. The molecule has 2 amide bonds. The Labute approximate surface area is 174 Å². The Morgan fingerprint density at radius 2 is 1.73 bits per heavy atom. The fraction of sp³-hybridized carbons (Fsp3) is 0.500. The van der Waals surface area contributed by atoms with Gasteiger partial charge in [-0.3, -0.25) is 9.59 Å². The Morgan fingerprint density at radius 1 is 1.07 bits per heavy atom. The van der Waals surface area contributed by atoms with Gasteiger partial charge in [0.25, 0.3) is 0 Å². The number of ether oxygens (including phenoxy) is 2. The zero-order chi connectivity index (χ0) is 22.5. The zero-order valence-corrected chi connectivity index (χ0v) is 17.0. The van der Waals surface area contributed by atoms with E-state index in [9.17, 15) is 29.4 Å². The molecule has 0 aliphatic carbocycles. The number of carboxylic acid groups (broad SMARTS) is 1. The molecule has 10 nitrogen and oxygen atoms in total. The molecule has 3 atom stereocenters. The second-order valence-corrected chi connectivity index (χ2v) is 6.67. The molecule has 0 aliphatic rings. The summed E-state index contributed by atoms with van der Waals surface area (Å²) in [4.78, 5) is 46.6. The van der Waals surface area contributed by atoms with Gasteiger partial charge in [0.1, 0.15) is 12.6 Å². The van der Waals surface area contributed by atoms with Crippen molar-refractivity contribution in [2.75, 3.05) is 13.2 Å². The number of amides is 2. The van der Waals surface area contributed by atoms with E-state index in [4.69, 9.17) is 9.47 Å². The number of aliphatic carboxylic acids is 1. The SMILES string of the molecule is CCOC(=O)C[C@@H](C)[C@H](NC(=O)C[C@@H](O)CNC(=O)OCc1ccccc1)C(=O)O. The van der Waals surface area contributed by atoms with Gasteiger partial charge in [0.05, 0.1) is 25.6 Å². The molecule has 10 heteroatoms. The molecule has 166 valence electrons. The molecular weight excluding hydrogens is 396 g/mol. The number of carbonyl (C=O) groups excluding carboxylic acids is 3. The van der Waals surface area contributed by atoms with Gasteiger partial charge in [0.2, 0.25) is 5.91 Å². The van der Waals surface area contributed by atoms with Crippen LogP contribution >= 0.6 is 0 Å². The Hall–Kier alpha value is -3.14. The summed E-state index contributed by atoms with van der Waals surface area (Å²) in [6.07, 6.45) is -2.62. The van der Waals surface area contributed by atoms with Gasteiger partial charge in [-0.1, -0.05) is 37.3 Å². The van der Waals surface area contributed by atoms with E-state index in [0.717, 1.165) is 5.56 Å². The summed E-state index contributed by atoms with van der Waals surface area (Å²) < 4.78 is 9.76. The third-order valence-corrected chi connectivity index (χ3v) is 4.06. The highest BCUT2D eigenvalue weighted by Gasteiger charge is 2.29. The van der Waals surface area contributed by atoms with Crippen LogP contribution in [0.3, 0.4) is 0 Å². The van der Waals surface area contributed by atoms with Crippen molar-refractivity contribution in [1.29, 1.82) is 0 Å². The lowest BCUT2D eigenvalue weighted by atomic mass is 9.98. The number of hydrogen-bond donors (Lipinski definition) is 4. The molecular formula is C20H28N2O8. The Morgan fingerprint density at radius 3 is 2.33 bits per heavy atom. The molecule has 0 spiro atoms. The standard InChI is InChI=1S/C20H28N2O8/c1-3-29-17(25)9-13(2)18(19(26)27)22-16(24)10-15(23)11-21-20(28)30-12-14-7-5-4-6-8-14/h4-8,13,15,18,23H,3,9-12H2,1-2H3,(H,21,28)(H,22,24)(H,26,27)/t13-,15-,18+/m1/s1. The van der Waals surface area contributed by atoms with Crippen molar-refractivity contribution >= 4 is 23.9 Å². The van der Waals surface area contributed by atoms with Crippen LogP contribution < -0.4 is 10.6 Å². The number of rotatable bonds is 12. The first-order valence-corrected chi connectivity index (χ1v) is 9.53. The van der Waals surface area contributed by atoms with Gasteiger partial charge in [-0.15, -0.1) is 0 Å². The highest BCUT2D eigenvalue weighted by molar-refractivity contribution is 5.84. The molecule has 1 rings (SSSR count). The molecule has 0 unspecified atom stereocenters. The number of aliphatic hydroxyl groups is 1. The highest BCUT2D eigenvalue weighted by atomic mass is 16.5. The molecule has 1 aromatic rings. The summed E-state index contributed by atoms with van der Waals surface area (Å²) in [7, 11) is 0. The van der Waals surface area contributed by atoms with Crippen LogP contribution in [0.15, 0.2) is 30.3 Å². The topological polar surface area (TPSA) is 151 Å². The van der Waals surface area contributed by atoms with E-state index in [1.54, 1.807) is 31.2 Å². The number of aliphatic hydroxyl groups excluding tert-OH is 1. The van der Waals surface area contributed by atoms with Crippen LogP contribution in [-0.2, 0) is 30.5 Å². The maximum Gasteiger partial charge on any atom is 0.407 e. The van der Waals surface area contributed by atoms with Crippen LogP contribution in [0.2, 0.25) is 0 Å². The van der Waals surface area contributed by atoms with Crippen molar-refractivity contribution in [1.82, 2.24) is 10.6 Å². The van der Waals surface area contributed by atoms with Gasteiger partial charge in [0, 0.05) is 6.54 Å². The number of nitrogens with one attached hydrogen (secondary N) is 2. The van der Waals surface area contributed by atoms with Crippen LogP contribution in [0.25, 0.3) is 0 Å². The predicted octanol–water partition coefficient (Wildman–Crippen LogP) is 0.823. The maximum absolute atomic E-state index is 12.0. The lowest BCUT2D eigenvalue weighted by molar-refractivity contribution is -0.147. The normalized spacial score (nSPS) is 13.4. The van der Waals surface area contributed by atoms with Crippen molar-refractivity contribution in [3.05, 3.63) is 35.9 Å². The van der Waals surface area contributed by atoms with Crippen molar-refractivity contribution in [3.8, 4) is 0 Å². The van der Waals surface area contributed by atoms with Gasteiger partial charge >= 0.3 is 18.0 Å². The Kier molecular flexibility index (Phi) is 10.9. The quantitative estimate of drug-likeness (QED) is 0.360. The van der Waals surface area contributed by atoms with Gasteiger partial charge < -0.3 is 30.3 Å². The fourth-order valence-corrected chi connectivity index (χ4v) is 2.54. The van der Waals surface area contributed by atoms with Gasteiger partial charge in [-0.05, 0) is 18.4 Å². The molecule has 0 aromatic heterocycles. The molecule has 0 heterocycles. The van der Waals surface area contributed by atoms with E-state index < -0.39 is 48.4 Å². The Bertz CT molecular complexity index is 710. The molecule has 0 radical (unpaired) electrons. The second-order valence-electron chi connectivity index (χ2n) is 6.67. The summed E-state index contributed by atoms with van der Waals surface area (Å²) in [6, 6.07) is 7.69. The first-order chi connectivity index (χ1) is 14.2. The highest BCUT2D eigenvalue weighted by Crippen LogP contribution is 2.11. The van der Waals surface area contributed by atoms with Gasteiger partial charge in [0.15, 0.2) is 0 Å². The molecule has 30 heavy (non-hydrogen) atoms. The van der Waals surface area contributed by atoms with E-state index in [-0.39, 0.29) is 26.2 Å². The number of esters is 1. The smallest absolute Gasteiger partial charge is 0.407 e. The first kappa shape index (κ1) is 24.9. The van der Waals surface area contributed by atoms with Crippen LogP contribution in [0.5, 0.6) is 0 Å². The zero-order valence-electron chi connectivity index (χ0n) is 17.0. The van der Waals surface area contributed by atoms with Crippen LogP contribution in [0.4, 0.5) is 4.79 Å². The monoisotopic (exact) mass is 424 g/mol. The number of carbonyl (C=O) groups is 4. The minimum Gasteiger partial charge on any atom is -0.480 e. The lowest BCUT2D eigenvalue weighted by Crippen LogP contribution is -2.47. The van der Waals surface area contributed by atoms with Crippen molar-refractivity contribution < 1.29 is 38.9 Å². The summed E-state index contributed by atoms with van der Waals surface area (Å²) in [5, 5.41) is 23.8. The summed E-state index contributed by atoms with van der Waals surface area (Å²) in [6.45, 7) is 3.10. The third-order valence-electron chi connectivity index (χ3n) is 4.06.